The molecule has 2 N–H and O–H groups in total. The van der Waals surface area contributed by atoms with Gasteiger partial charge in [0, 0.05) is 36.8 Å². The van der Waals surface area contributed by atoms with Crippen molar-refractivity contribution in [1.82, 2.24) is 14.9 Å². The lowest BCUT2D eigenvalue weighted by atomic mass is 10.2. The third kappa shape index (κ3) is 5.74. The minimum atomic E-state index is 0.496. The van der Waals surface area contributed by atoms with E-state index in [1.165, 1.54) is 0 Å². The predicted octanol–water partition coefficient (Wildman–Crippen LogP) is 3.53. The molecule has 0 bridgehead atoms. The van der Waals surface area contributed by atoms with E-state index in [0.29, 0.717) is 17.4 Å². The Morgan fingerprint density at radius 2 is 1.67 bits per heavy atom. The van der Waals surface area contributed by atoms with Crippen LogP contribution in [0.25, 0.3) is 10.9 Å². The van der Waals surface area contributed by atoms with Gasteiger partial charge < -0.3 is 29.6 Å². The van der Waals surface area contributed by atoms with Crippen molar-refractivity contribution in [3.05, 3.63) is 36.4 Å². The van der Waals surface area contributed by atoms with E-state index in [9.17, 15) is 0 Å². The number of nitrogens with one attached hydrogen (secondary N) is 2. The third-order valence-electron chi connectivity index (χ3n) is 5.59. The largest absolute Gasteiger partial charge is 0.497 e. The van der Waals surface area contributed by atoms with Gasteiger partial charge in [0.05, 0.1) is 40.1 Å². The molecule has 9 heteroatoms. The van der Waals surface area contributed by atoms with Crippen LogP contribution in [0, 0.1) is 0 Å². The minimum absolute atomic E-state index is 0.496. The van der Waals surface area contributed by atoms with Crippen LogP contribution in [0.2, 0.25) is 0 Å². The zero-order valence-corrected chi connectivity index (χ0v) is 19.4. The second-order valence-corrected chi connectivity index (χ2v) is 7.71. The van der Waals surface area contributed by atoms with Gasteiger partial charge in [0.1, 0.15) is 11.6 Å². The lowest BCUT2D eigenvalue weighted by Crippen LogP contribution is -2.37. The fraction of sp³-hybridized carbons (Fsp3) is 0.417. The van der Waals surface area contributed by atoms with E-state index >= 15 is 0 Å². The van der Waals surface area contributed by atoms with Crippen molar-refractivity contribution >= 4 is 28.4 Å². The summed E-state index contributed by atoms with van der Waals surface area (Å²) < 4.78 is 21.6. The Morgan fingerprint density at radius 3 is 2.36 bits per heavy atom. The van der Waals surface area contributed by atoms with Gasteiger partial charge in [0.2, 0.25) is 5.95 Å². The molecule has 9 nitrogen and oxygen atoms in total. The van der Waals surface area contributed by atoms with Crippen molar-refractivity contribution < 1.29 is 18.9 Å². The molecule has 1 aliphatic rings. The highest BCUT2D eigenvalue weighted by Crippen LogP contribution is 2.35. The Bertz CT molecular complexity index is 1050. The Balaban J connectivity index is 1.56. The second kappa shape index (κ2) is 11.0. The van der Waals surface area contributed by atoms with Gasteiger partial charge in [-0.1, -0.05) is 0 Å². The number of rotatable bonds is 10. The lowest BCUT2D eigenvalue weighted by Gasteiger charge is -2.26. The standard InChI is InChI=1S/C24H31N5O4/c1-30-18-7-5-17(6-8-18)26-24-27-20-16-22(32-3)21(31-2)15-19(20)23(28-24)25-9-4-10-29-11-13-33-14-12-29/h5-8,15-16H,4,9-14H2,1-3H3,(H2,25,26,27,28). The van der Waals surface area contributed by atoms with Gasteiger partial charge in [0.25, 0.3) is 0 Å². The van der Waals surface area contributed by atoms with Gasteiger partial charge in [-0.25, -0.2) is 4.98 Å². The molecule has 33 heavy (non-hydrogen) atoms. The highest BCUT2D eigenvalue weighted by molar-refractivity contribution is 5.93. The normalized spacial score (nSPS) is 14.2. The van der Waals surface area contributed by atoms with Crippen molar-refractivity contribution in [2.45, 2.75) is 6.42 Å². The number of fused-ring (bicyclic) bond motifs is 1. The third-order valence-corrected chi connectivity index (χ3v) is 5.59. The molecule has 0 unspecified atom stereocenters. The number of aromatic nitrogens is 2. The molecule has 4 rings (SSSR count). The fourth-order valence-corrected chi connectivity index (χ4v) is 3.78. The molecule has 1 aromatic heterocycles. The van der Waals surface area contributed by atoms with Crippen molar-refractivity contribution in [3.8, 4) is 17.2 Å². The number of morpholine rings is 1. The van der Waals surface area contributed by atoms with E-state index < -0.39 is 0 Å². The predicted molar refractivity (Wildman–Crippen MR) is 129 cm³/mol. The minimum Gasteiger partial charge on any atom is -0.497 e. The van der Waals surface area contributed by atoms with Crippen molar-refractivity contribution in [2.24, 2.45) is 0 Å². The summed E-state index contributed by atoms with van der Waals surface area (Å²) in [6, 6.07) is 11.4. The first-order valence-electron chi connectivity index (χ1n) is 11.1. The topological polar surface area (TPSA) is 90.0 Å². The molecule has 1 saturated heterocycles. The second-order valence-electron chi connectivity index (χ2n) is 7.71. The van der Waals surface area contributed by atoms with E-state index in [4.69, 9.17) is 28.9 Å². The molecule has 1 aliphatic heterocycles. The fourth-order valence-electron chi connectivity index (χ4n) is 3.78. The highest BCUT2D eigenvalue weighted by atomic mass is 16.5. The van der Waals surface area contributed by atoms with Gasteiger partial charge in [-0.15, -0.1) is 0 Å². The molecule has 0 atom stereocenters. The van der Waals surface area contributed by atoms with E-state index in [0.717, 1.165) is 74.0 Å². The van der Waals surface area contributed by atoms with E-state index in [1.54, 1.807) is 21.3 Å². The molecule has 1 fully saturated rings. The van der Waals surface area contributed by atoms with Gasteiger partial charge in [0.15, 0.2) is 11.5 Å². The Labute approximate surface area is 194 Å². The van der Waals surface area contributed by atoms with E-state index in [1.807, 2.05) is 36.4 Å². The number of hydrogen-bond donors (Lipinski definition) is 2. The number of methoxy groups -OCH3 is 3. The van der Waals surface area contributed by atoms with Gasteiger partial charge in [-0.3, -0.25) is 4.90 Å². The first-order chi connectivity index (χ1) is 16.2. The quantitative estimate of drug-likeness (QED) is 0.447. The first-order valence-corrected chi connectivity index (χ1v) is 11.1. The van der Waals surface area contributed by atoms with Crippen LogP contribution in [-0.2, 0) is 4.74 Å². The Morgan fingerprint density at radius 1 is 0.939 bits per heavy atom. The van der Waals surface area contributed by atoms with Crippen LogP contribution in [0.15, 0.2) is 36.4 Å². The Kier molecular flexibility index (Phi) is 7.64. The van der Waals surface area contributed by atoms with Crippen LogP contribution in [-0.4, -0.2) is 75.6 Å². The van der Waals surface area contributed by atoms with Gasteiger partial charge in [-0.05, 0) is 43.3 Å². The molecular formula is C24H31N5O4. The average Bonchev–Trinajstić information content (AvgIpc) is 2.86. The summed E-state index contributed by atoms with van der Waals surface area (Å²) in [4.78, 5) is 11.9. The monoisotopic (exact) mass is 453 g/mol. The maximum Gasteiger partial charge on any atom is 0.229 e. The molecule has 3 aromatic rings. The molecule has 176 valence electrons. The number of hydrogen-bond acceptors (Lipinski definition) is 9. The maximum absolute atomic E-state index is 5.50. The van der Waals surface area contributed by atoms with Crippen molar-refractivity contribution in [1.29, 1.82) is 0 Å². The summed E-state index contributed by atoms with van der Waals surface area (Å²) in [5.41, 5.74) is 1.63. The van der Waals surface area contributed by atoms with Crippen LogP contribution < -0.4 is 24.8 Å². The molecule has 0 aliphatic carbocycles. The summed E-state index contributed by atoms with van der Waals surface area (Å²) in [7, 11) is 4.89. The SMILES string of the molecule is COc1ccc(Nc2nc(NCCCN3CCOCC3)c3cc(OC)c(OC)cc3n2)cc1. The first kappa shape index (κ1) is 22.9. The van der Waals surface area contributed by atoms with Crippen LogP contribution in [0.5, 0.6) is 17.2 Å². The van der Waals surface area contributed by atoms with E-state index in [2.05, 4.69) is 15.5 Å². The summed E-state index contributed by atoms with van der Waals surface area (Å²) in [6.45, 7) is 5.41. The van der Waals surface area contributed by atoms with Crippen LogP contribution >= 0.6 is 0 Å². The van der Waals surface area contributed by atoms with E-state index in [-0.39, 0.29) is 0 Å². The zero-order chi connectivity index (χ0) is 23.0. The van der Waals surface area contributed by atoms with Crippen molar-refractivity contribution in [3.63, 3.8) is 0 Å². The molecule has 0 radical (unpaired) electrons. The Hall–Kier alpha value is -3.30. The van der Waals surface area contributed by atoms with Gasteiger partial charge >= 0.3 is 0 Å². The van der Waals surface area contributed by atoms with Crippen LogP contribution in [0.1, 0.15) is 6.42 Å². The molecule has 0 amide bonds. The molecule has 0 spiro atoms. The highest BCUT2D eigenvalue weighted by Gasteiger charge is 2.14. The molecule has 2 heterocycles. The average molecular weight is 454 g/mol. The summed E-state index contributed by atoms with van der Waals surface area (Å²) in [5.74, 6) is 3.30. The number of nitrogens with zero attached hydrogens (tertiary/aromatic N) is 3. The van der Waals surface area contributed by atoms with Crippen LogP contribution in [0.3, 0.4) is 0 Å². The number of anilines is 3. The molecule has 0 saturated carbocycles. The molecular weight excluding hydrogens is 422 g/mol. The van der Waals surface area contributed by atoms with Gasteiger partial charge in [-0.2, -0.15) is 4.98 Å². The van der Waals surface area contributed by atoms with Crippen molar-refractivity contribution in [2.75, 3.05) is 71.4 Å². The van der Waals surface area contributed by atoms with Crippen LogP contribution in [0.4, 0.5) is 17.5 Å². The molecule has 2 aromatic carbocycles. The number of ether oxygens (including phenoxy) is 4. The maximum atomic E-state index is 5.50. The summed E-state index contributed by atoms with van der Waals surface area (Å²) in [6.07, 6.45) is 1.00. The smallest absolute Gasteiger partial charge is 0.229 e. The summed E-state index contributed by atoms with van der Waals surface area (Å²) in [5, 5.41) is 7.65. The number of benzene rings is 2. The summed E-state index contributed by atoms with van der Waals surface area (Å²) >= 11 is 0. The zero-order valence-electron chi connectivity index (χ0n) is 19.4. The lowest BCUT2D eigenvalue weighted by molar-refractivity contribution is 0.0378.